The quantitative estimate of drug-likeness (QED) is 0.711. The van der Waals surface area contributed by atoms with Crippen LogP contribution < -0.4 is 0 Å². The Morgan fingerprint density at radius 2 is 1.58 bits per heavy atom. The van der Waals surface area contributed by atoms with Gasteiger partial charge in [-0.1, -0.05) is 27.7 Å². The van der Waals surface area contributed by atoms with Crippen molar-refractivity contribution in [2.24, 2.45) is 11.3 Å². The Bertz CT molecular complexity index is 306. The summed E-state index contributed by atoms with van der Waals surface area (Å²) in [6, 6.07) is 0. The molecule has 0 radical (unpaired) electrons. The van der Waals surface area contributed by atoms with Crippen LogP contribution in [0, 0.1) is 11.3 Å². The van der Waals surface area contributed by atoms with Crippen LogP contribution in [-0.2, 0) is 9.59 Å². The topological polar surface area (TPSA) is 40.6 Å². The van der Waals surface area contributed by atoms with Crippen LogP contribution in [0.4, 0.5) is 0 Å². The zero-order chi connectivity index (χ0) is 15.2. The molecule has 4 nitrogen and oxygen atoms in total. The fourth-order valence-corrected chi connectivity index (χ4v) is 1.68. The Morgan fingerprint density at radius 1 is 1.05 bits per heavy atom. The number of rotatable bonds is 7. The molecule has 0 aromatic heterocycles. The fourth-order valence-electron chi connectivity index (χ4n) is 1.68. The van der Waals surface area contributed by atoms with Gasteiger partial charge in [0, 0.05) is 37.9 Å². The number of nitrogens with zero attached hydrogens (tertiary/aromatic N) is 2. The molecule has 0 N–H and O–H groups in total. The predicted octanol–water partition coefficient (Wildman–Crippen LogP) is 2.04. The van der Waals surface area contributed by atoms with E-state index in [4.69, 9.17) is 0 Å². The van der Waals surface area contributed by atoms with Crippen molar-refractivity contribution in [3.63, 3.8) is 0 Å². The number of hydrogen-bond acceptors (Lipinski definition) is 3. The molecule has 0 saturated carbocycles. The lowest BCUT2D eigenvalue weighted by atomic mass is 9.86. The molecule has 0 aliphatic carbocycles. The molecule has 112 valence electrons. The number of amides is 1. The van der Waals surface area contributed by atoms with Crippen LogP contribution in [0.15, 0.2) is 0 Å². The number of Topliss-reactive ketones (excluding diaryl/α,β-unsaturated/α-hetero) is 1. The van der Waals surface area contributed by atoms with E-state index < -0.39 is 0 Å². The minimum atomic E-state index is -0.306. The first-order chi connectivity index (χ1) is 8.55. The molecule has 0 saturated heterocycles. The predicted molar refractivity (Wildman–Crippen MR) is 79.1 cm³/mol. The number of likely N-dealkylation sites (N-methyl/N-ethyl adjacent to an activating group) is 2. The molecule has 1 amide bonds. The van der Waals surface area contributed by atoms with E-state index in [1.807, 2.05) is 48.8 Å². The molecule has 0 aliphatic rings. The summed E-state index contributed by atoms with van der Waals surface area (Å²) in [4.78, 5) is 27.8. The van der Waals surface area contributed by atoms with Crippen LogP contribution in [0.25, 0.3) is 0 Å². The third-order valence-corrected chi connectivity index (χ3v) is 3.32. The second kappa shape index (κ2) is 7.63. The lowest BCUT2D eigenvalue weighted by molar-refractivity contribution is -0.134. The van der Waals surface area contributed by atoms with Crippen molar-refractivity contribution < 1.29 is 9.59 Å². The van der Waals surface area contributed by atoms with E-state index in [1.54, 1.807) is 4.90 Å². The lowest BCUT2D eigenvalue weighted by Gasteiger charge is -2.24. The second-order valence-corrected chi connectivity index (χ2v) is 6.68. The largest absolute Gasteiger partial charge is 0.344 e. The molecule has 0 unspecified atom stereocenters. The van der Waals surface area contributed by atoms with Crippen LogP contribution in [0.2, 0.25) is 0 Å². The second-order valence-electron chi connectivity index (χ2n) is 6.68. The highest BCUT2D eigenvalue weighted by Crippen LogP contribution is 2.20. The van der Waals surface area contributed by atoms with Crippen LogP contribution in [0.1, 0.15) is 40.5 Å². The molecule has 0 aromatic rings. The maximum Gasteiger partial charge on any atom is 0.225 e. The zero-order valence-electron chi connectivity index (χ0n) is 13.6. The highest BCUT2D eigenvalue weighted by Gasteiger charge is 2.24. The van der Waals surface area contributed by atoms with Gasteiger partial charge in [0.1, 0.15) is 5.78 Å². The SMILES string of the molecule is C[C@@H](CCC(=O)C(C)(C)C)C(=O)N(C)CCN(C)C. The monoisotopic (exact) mass is 270 g/mol. The zero-order valence-corrected chi connectivity index (χ0v) is 13.6. The van der Waals surface area contributed by atoms with Crippen molar-refractivity contribution in [2.45, 2.75) is 40.5 Å². The van der Waals surface area contributed by atoms with Gasteiger partial charge in [0.25, 0.3) is 0 Å². The number of carbonyl (C=O) groups is 2. The van der Waals surface area contributed by atoms with Crippen molar-refractivity contribution in [3.05, 3.63) is 0 Å². The average Bonchev–Trinajstić information content (AvgIpc) is 2.30. The molecule has 0 heterocycles. The summed E-state index contributed by atoms with van der Waals surface area (Å²) in [5.74, 6) is 0.269. The molecule has 19 heavy (non-hydrogen) atoms. The highest BCUT2D eigenvalue weighted by atomic mass is 16.2. The molecule has 0 aliphatic heterocycles. The first-order valence-electron chi connectivity index (χ1n) is 6.98. The molecule has 4 heteroatoms. The Balaban J connectivity index is 4.17. The Labute approximate surface area is 118 Å². The molecule has 1 atom stereocenters. The van der Waals surface area contributed by atoms with Gasteiger partial charge >= 0.3 is 0 Å². The standard InChI is InChI=1S/C15H30N2O2/c1-12(8-9-13(18)15(2,3)4)14(19)17(7)11-10-16(5)6/h12H,8-11H2,1-7H3/t12-/m0/s1. The minimum Gasteiger partial charge on any atom is -0.344 e. The van der Waals surface area contributed by atoms with Crippen LogP contribution >= 0.6 is 0 Å². The summed E-state index contributed by atoms with van der Waals surface area (Å²) in [7, 11) is 5.81. The summed E-state index contributed by atoms with van der Waals surface area (Å²) in [6.07, 6.45) is 1.12. The minimum absolute atomic E-state index is 0.0848. The van der Waals surface area contributed by atoms with Crippen molar-refractivity contribution in [1.29, 1.82) is 0 Å². The third-order valence-electron chi connectivity index (χ3n) is 3.32. The number of ketones is 1. The van der Waals surface area contributed by atoms with Gasteiger partial charge in [-0.3, -0.25) is 9.59 Å². The van der Waals surface area contributed by atoms with Gasteiger partial charge in [-0.25, -0.2) is 0 Å². The van der Waals surface area contributed by atoms with E-state index in [0.717, 1.165) is 13.1 Å². The lowest BCUT2D eigenvalue weighted by Crippen LogP contribution is -2.37. The van der Waals surface area contributed by atoms with E-state index in [1.165, 1.54) is 0 Å². The maximum absolute atomic E-state index is 12.1. The first-order valence-corrected chi connectivity index (χ1v) is 6.98. The van der Waals surface area contributed by atoms with Crippen LogP contribution in [0.5, 0.6) is 0 Å². The molecule has 0 fully saturated rings. The fraction of sp³-hybridized carbons (Fsp3) is 0.867. The normalized spacial score (nSPS) is 13.5. The summed E-state index contributed by atoms with van der Waals surface area (Å²) in [5.41, 5.74) is -0.306. The Morgan fingerprint density at radius 3 is 2.00 bits per heavy atom. The Kier molecular flexibility index (Phi) is 7.27. The van der Waals surface area contributed by atoms with Gasteiger partial charge < -0.3 is 9.80 Å². The molecule has 0 rings (SSSR count). The first kappa shape index (κ1) is 18.1. The Hall–Kier alpha value is -0.900. The summed E-state index contributed by atoms with van der Waals surface area (Å²) >= 11 is 0. The molecule has 0 bridgehead atoms. The average molecular weight is 270 g/mol. The molecular formula is C15H30N2O2. The summed E-state index contributed by atoms with van der Waals surface area (Å²) in [5, 5.41) is 0. The van der Waals surface area contributed by atoms with E-state index in [-0.39, 0.29) is 23.0 Å². The van der Waals surface area contributed by atoms with Gasteiger partial charge in [0.15, 0.2) is 0 Å². The van der Waals surface area contributed by atoms with Crippen molar-refractivity contribution in [1.82, 2.24) is 9.80 Å². The van der Waals surface area contributed by atoms with Gasteiger partial charge in [-0.05, 0) is 20.5 Å². The van der Waals surface area contributed by atoms with Crippen molar-refractivity contribution in [3.8, 4) is 0 Å². The van der Waals surface area contributed by atoms with Gasteiger partial charge in [0.05, 0.1) is 0 Å². The van der Waals surface area contributed by atoms with Gasteiger partial charge in [0.2, 0.25) is 5.91 Å². The van der Waals surface area contributed by atoms with E-state index in [0.29, 0.717) is 12.8 Å². The molecule has 0 aromatic carbocycles. The van der Waals surface area contributed by atoms with Crippen LogP contribution in [-0.4, -0.2) is 55.7 Å². The summed E-state index contributed by atoms with van der Waals surface area (Å²) < 4.78 is 0. The maximum atomic E-state index is 12.1. The van der Waals surface area contributed by atoms with E-state index in [9.17, 15) is 9.59 Å². The number of hydrogen-bond donors (Lipinski definition) is 0. The van der Waals surface area contributed by atoms with Crippen molar-refractivity contribution >= 4 is 11.7 Å². The van der Waals surface area contributed by atoms with Gasteiger partial charge in [-0.15, -0.1) is 0 Å². The molecular weight excluding hydrogens is 240 g/mol. The van der Waals surface area contributed by atoms with E-state index >= 15 is 0 Å². The smallest absolute Gasteiger partial charge is 0.225 e. The summed E-state index contributed by atoms with van der Waals surface area (Å²) in [6.45, 7) is 9.25. The van der Waals surface area contributed by atoms with Gasteiger partial charge in [-0.2, -0.15) is 0 Å². The van der Waals surface area contributed by atoms with E-state index in [2.05, 4.69) is 4.90 Å². The van der Waals surface area contributed by atoms with Crippen LogP contribution in [0.3, 0.4) is 0 Å². The van der Waals surface area contributed by atoms with Crippen molar-refractivity contribution in [2.75, 3.05) is 34.2 Å². The highest BCUT2D eigenvalue weighted by molar-refractivity contribution is 5.84. The molecule has 0 spiro atoms. The number of carbonyl (C=O) groups excluding carboxylic acids is 2. The third kappa shape index (κ3) is 7.31.